The first kappa shape index (κ1) is 13.7. The quantitative estimate of drug-likeness (QED) is 0.675. The van der Waals surface area contributed by atoms with E-state index in [1.807, 2.05) is 0 Å². The van der Waals surface area contributed by atoms with Crippen LogP contribution < -0.4 is 11.3 Å². The van der Waals surface area contributed by atoms with Gasteiger partial charge in [-0.25, -0.2) is 5.10 Å². The van der Waals surface area contributed by atoms with Crippen LogP contribution in [0.3, 0.4) is 0 Å². The summed E-state index contributed by atoms with van der Waals surface area (Å²) in [6.07, 6.45) is 0. The van der Waals surface area contributed by atoms with Crippen LogP contribution in [-0.4, -0.2) is 20.4 Å². The number of nitrogens with two attached hydrogens (primary N) is 1. The highest BCUT2D eigenvalue weighted by Crippen LogP contribution is 2.36. The lowest BCUT2D eigenvalue weighted by atomic mass is 10.0. The maximum Gasteiger partial charge on any atom is 0.264 e. The average molecular weight is 322 g/mol. The summed E-state index contributed by atoms with van der Waals surface area (Å²) in [7, 11) is 0. The Balaban J connectivity index is 2.19. The normalized spacial score (nSPS) is 10.8. The number of benzene rings is 1. The highest BCUT2D eigenvalue weighted by atomic mass is 35.5. The predicted molar refractivity (Wildman–Crippen MR) is 82.3 cm³/mol. The third kappa shape index (κ3) is 2.51. The summed E-state index contributed by atoms with van der Waals surface area (Å²) < 4.78 is 0. The van der Waals surface area contributed by atoms with Crippen LogP contribution in [0.15, 0.2) is 35.1 Å². The molecule has 0 saturated carbocycles. The minimum atomic E-state index is -0.290. The van der Waals surface area contributed by atoms with E-state index in [9.17, 15) is 4.79 Å². The zero-order valence-corrected chi connectivity index (χ0v) is 12.0. The fourth-order valence-electron chi connectivity index (χ4n) is 1.97. The fourth-order valence-corrected chi connectivity index (χ4v) is 2.27. The summed E-state index contributed by atoms with van der Waals surface area (Å²) in [4.78, 5) is 11.1. The smallest absolute Gasteiger partial charge is 0.264 e. The number of aromatic amines is 2. The van der Waals surface area contributed by atoms with E-state index < -0.39 is 0 Å². The standard InChI is InChI=1S/C13H9Cl2N5O/c14-7-2-1-6(5-8(7)15)11-12(19-20-13(11)16)9-3-4-10(21)18-17-9/h1-5H,(H,18,21)(H3,16,19,20). The van der Waals surface area contributed by atoms with Gasteiger partial charge in [0.05, 0.1) is 21.3 Å². The Hall–Kier alpha value is -2.31. The van der Waals surface area contributed by atoms with Gasteiger partial charge in [0, 0.05) is 6.07 Å². The zero-order chi connectivity index (χ0) is 15.0. The van der Waals surface area contributed by atoms with Crippen LogP contribution in [0, 0.1) is 0 Å². The number of hydrogen-bond acceptors (Lipinski definition) is 4. The van der Waals surface area contributed by atoms with Gasteiger partial charge >= 0.3 is 0 Å². The van der Waals surface area contributed by atoms with Crippen molar-refractivity contribution in [1.29, 1.82) is 0 Å². The van der Waals surface area contributed by atoms with Gasteiger partial charge in [-0.05, 0) is 23.8 Å². The SMILES string of the molecule is Nc1n[nH]c(-c2ccc(=O)[nH]n2)c1-c1ccc(Cl)c(Cl)c1. The Morgan fingerprint density at radius 3 is 2.48 bits per heavy atom. The van der Waals surface area contributed by atoms with Crippen molar-refractivity contribution in [3.05, 3.63) is 50.7 Å². The molecule has 6 nitrogen and oxygen atoms in total. The van der Waals surface area contributed by atoms with E-state index in [0.717, 1.165) is 5.56 Å². The number of rotatable bonds is 2. The molecule has 0 aliphatic carbocycles. The van der Waals surface area contributed by atoms with Crippen molar-refractivity contribution in [3.63, 3.8) is 0 Å². The second kappa shape index (κ2) is 5.23. The van der Waals surface area contributed by atoms with E-state index in [0.29, 0.717) is 32.8 Å². The van der Waals surface area contributed by atoms with Crippen molar-refractivity contribution in [3.8, 4) is 22.5 Å². The Morgan fingerprint density at radius 2 is 1.81 bits per heavy atom. The van der Waals surface area contributed by atoms with Gasteiger partial charge in [-0.3, -0.25) is 9.89 Å². The van der Waals surface area contributed by atoms with E-state index in [1.165, 1.54) is 6.07 Å². The first-order valence-electron chi connectivity index (χ1n) is 5.91. The molecule has 0 amide bonds. The maximum absolute atomic E-state index is 11.1. The van der Waals surface area contributed by atoms with E-state index in [2.05, 4.69) is 20.4 Å². The molecule has 0 unspecified atom stereocenters. The molecule has 2 aromatic heterocycles. The second-order valence-electron chi connectivity index (χ2n) is 4.29. The molecule has 0 bridgehead atoms. The largest absolute Gasteiger partial charge is 0.382 e. The predicted octanol–water partition coefficient (Wildman–Crippen LogP) is 2.72. The number of nitrogens with zero attached hydrogens (tertiary/aromatic N) is 2. The molecule has 0 radical (unpaired) electrons. The molecule has 3 aromatic rings. The van der Waals surface area contributed by atoms with Gasteiger partial charge in [-0.2, -0.15) is 10.2 Å². The number of halogens is 2. The summed E-state index contributed by atoms with van der Waals surface area (Å²) in [6, 6.07) is 8.10. The van der Waals surface area contributed by atoms with Crippen molar-refractivity contribution in [2.75, 3.05) is 5.73 Å². The van der Waals surface area contributed by atoms with Crippen LogP contribution in [0.5, 0.6) is 0 Å². The molecule has 8 heteroatoms. The van der Waals surface area contributed by atoms with Gasteiger partial charge in [0.2, 0.25) is 0 Å². The third-order valence-electron chi connectivity index (χ3n) is 2.94. The van der Waals surface area contributed by atoms with E-state index in [-0.39, 0.29) is 5.56 Å². The van der Waals surface area contributed by atoms with Gasteiger partial charge in [0.15, 0.2) is 5.82 Å². The zero-order valence-electron chi connectivity index (χ0n) is 10.5. The third-order valence-corrected chi connectivity index (χ3v) is 3.68. The second-order valence-corrected chi connectivity index (χ2v) is 5.11. The fraction of sp³-hybridized carbons (Fsp3) is 0. The molecule has 0 saturated heterocycles. The average Bonchev–Trinajstić information content (AvgIpc) is 2.85. The number of H-pyrrole nitrogens is 2. The van der Waals surface area contributed by atoms with Gasteiger partial charge in [-0.1, -0.05) is 29.3 Å². The molecule has 0 fully saturated rings. The molecule has 2 heterocycles. The van der Waals surface area contributed by atoms with E-state index in [1.54, 1.807) is 24.3 Å². The molecule has 0 aliphatic rings. The molecule has 3 rings (SSSR count). The van der Waals surface area contributed by atoms with Crippen LogP contribution in [0.1, 0.15) is 0 Å². The molecule has 0 aliphatic heterocycles. The Bertz CT molecular complexity index is 851. The van der Waals surface area contributed by atoms with Crippen LogP contribution in [0.4, 0.5) is 5.82 Å². The van der Waals surface area contributed by atoms with Crippen LogP contribution in [0.2, 0.25) is 10.0 Å². The first-order valence-corrected chi connectivity index (χ1v) is 6.67. The van der Waals surface area contributed by atoms with Crippen molar-refractivity contribution >= 4 is 29.0 Å². The summed E-state index contributed by atoms with van der Waals surface area (Å²) >= 11 is 12.0. The van der Waals surface area contributed by atoms with E-state index in [4.69, 9.17) is 28.9 Å². The summed E-state index contributed by atoms with van der Waals surface area (Å²) in [5, 5.41) is 14.0. The lowest BCUT2D eigenvalue weighted by Crippen LogP contribution is -2.05. The molecule has 106 valence electrons. The Morgan fingerprint density at radius 1 is 1.00 bits per heavy atom. The minimum Gasteiger partial charge on any atom is -0.382 e. The summed E-state index contributed by atoms with van der Waals surface area (Å²) in [6.45, 7) is 0. The van der Waals surface area contributed by atoms with Crippen molar-refractivity contribution in [1.82, 2.24) is 20.4 Å². The number of anilines is 1. The lowest BCUT2D eigenvalue weighted by molar-refractivity contribution is 0.982. The van der Waals surface area contributed by atoms with Crippen LogP contribution >= 0.6 is 23.2 Å². The van der Waals surface area contributed by atoms with Crippen LogP contribution in [-0.2, 0) is 0 Å². The van der Waals surface area contributed by atoms with Gasteiger partial charge < -0.3 is 5.73 Å². The van der Waals surface area contributed by atoms with Crippen molar-refractivity contribution < 1.29 is 0 Å². The van der Waals surface area contributed by atoms with Crippen molar-refractivity contribution in [2.45, 2.75) is 0 Å². The minimum absolute atomic E-state index is 0.290. The molecule has 1 aromatic carbocycles. The van der Waals surface area contributed by atoms with E-state index >= 15 is 0 Å². The molecule has 4 N–H and O–H groups in total. The number of aromatic nitrogens is 4. The monoisotopic (exact) mass is 321 g/mol. The number of nitrogens with one attached hydrogen (secondary N) is 2. The highest BCUT2D eigenvalue weighted by Gasteiger charge is 2.16. The highest BCUT2D eigenvalue weighted by molar-refractivity contribution is 6.42. The maximum atomic E-state index is 11.1. The summed E-state index contributed by atoms with van der Waals surface area (Å²) in [5.74, 6) is 0.302. The molecule has 21 heavy (non-hydrogen) atoms. The van der Waals surface area contributed by atoms with Crippen LogP contribution in [0.25, 0.3) is 22.5 Å². The topological polar surface area (TPSA) is 100 Å². The Labute approximate surface area is 128 Å². The first-order chi connectivity index (χ1) is 10.1. The Kier molecular flexibility index (Phi) is 3.40. The molecular weight excluding hydrogens is 313 g/mol. The molecule has 0 spiro atoms. The summed E-state index contributed by atoms with van der Waals surface area (Å²) in [5.41, 5.74) is 8.12. The number of hydrogen-bond donors (Lipinski definition) is 3. The van der Waals surface area contributed by atoms with Gasteiger partial charge in [0.25, 0.3) is 5.56 Å². The van der Waals surface area contributed by atoms with Gasteiger partial charge in [-0.15, -0.1) is 0 Å². The van der Waals surface area contributed by atoms with Crippen molar-refractivity contribution in [2.24, 2.45) is 0 Å². The van der Waals surface area contributed by atoms with Gasteiger partial charge in [0.1, 0.15) is 5.69 Å². The number of nitrogen functional groups attached to an aromatic ring is 1. The molecule has 0 atom stereocenters. The lowest BCUT2D eigenvalue weighted by Gasteiger charge is -2.05. The molecular formula is C13H9Cl2N5O.